The molecular formula is C21H25ClN4. The SMILES string of the molecule is C=Cc1c(/C=N\N)cc(-c2c(C)cccc2Cl)cc1NC1CCNCC1. The molecule has 1 saturated heterocycles. The lowest BCUT2D eigenvalue weighted by atomic mass is 9.94. The molecule has 1 fully saturated rings. The van der Waals surface area contributed by atoms with E-state index in [1.165, 1.54) is 0 Å². The van der Waals surface area contributed by atoms with Gasteiger partial charge in [-0.25, -0.2) is 0 Å². The van der Waals surface area contributed by atoms with E-state index >= 15 is 0 Å². The standard InChI is InChI=1S/C21H25ClN4/c1-3-18-16(13-25-23)11-15(21-14(2)5-4-6-19(21)22)12-20(18)26-17-7-9-24-10-8-17/h3-6,11-13,17,24,26H,1,7-10,23H2,2H3/b25-13-. The van der Waals surface area contributed by atoms with Gasteiger partial charge in [0.15, 0.2) is 0 Å². The van der Waals surface area contributed by atoms with E-state index in [2.05, 4.69) is 47.4 Å². The summed E-state index contributed by atoms with van der Waals surface area (Å²) < 4.78 is 0. The molecule has 0 saturated carbocycles. The summed E-state index contributed by atoms with van der Waals surface area (Å²) in [6, 6.07) is 10.6. The normalized spacial score (nSPS) is 15.3. The van der Waals surface area contributed by atoms with E-state index in [1.807, 2.05) is 18.2 Å². The number of rotatable bonds is 5. The van der Waals surface area contributed by atoms with Gasteiger partial charge >= 0.3 is 0 Å². The monoisotopic (exact) mass is 368 g/mol. The first-order valence-corrected chi connectivity index (χ1v) is 9.28. The topological polar surface area (TPSA) is 62.4 Å². The zero-order valence-corrected chi connectivity index (χ0v) is 15.8. The van der Waals surface area contributed by atoms with Gasteiger partial charge < -0.3 is 16.5 Å². The third kappa shape index (κ3) is 3.92. The van der Waals surface area contributed by atoms with E-state index in [0.717, 1.165) is 64.5 Å². The van der Waals surface area contributed by atoms with Gasteiger partial charge in [0.25, 0.3) is 0 Å². The van der Waals surface area contributed by atoms with Crippen LogP contribution in [0.2, 0.25) is 5.02 Å². The summed E-state index contributed by atoms with van der Waals surface area (Å²) in [6.07, 6.45) is 5.70. The smallest absolute Gasteiger partial charge is 0.0545 e. The van der Waals surface area contributed by atoms with Gasteiger partial charge in [-0.05, 0) is 62.2 Å². The highest BCUT2D eigenvalue weighted by Crippen LogP contribution is 2.36. The molecule has 3 rings (SSSR count). The first-order chi connectivity index (χ1) is 12.6. The zero-order chi connectivity index (χ0) is 18.5. The number of nitrogens with two attached hydrogens (primary N) is 1. The van der Waals surface area contributed by atoms with Crippen LogP contribution < -0.4 is 16.5 Å². The number of aryl methyl sites for hydroxylation is 1. The van der Waals surface area contributed by atoms with E-state index in [0.29, 0.717) is 6.04 Å². The lowest BCUT2D eigenvalue weighted by Gasteiger charge is -2.26. The third-order valence-corrected chi connectivity index (χ3v) is 5.15. The van der Waals surface area contributed by atoms with E-state index < -0.39 is 0 Å². The quantitative estimate of drug-likeness (QED) is 0.416. The molecule has 0 unspecified atom stereocenters. The Balaban J connectivity index is 2.12. The van der Waals surface area contributed by atoms with Crippen LogP contribution in [0.4, 0.5) is 5.69 Å². The summed E-state index contributed by atoms with van der Waals surface area (Å²) in [5.41, 5.74) is 6.18. The highest BCUT2D eigenvalue weighted by molar-refractivity contribution is 6.33. The molecule has 1 aliphatic rings. The van der Waals surface area contributed by atoms with Crippen molar-refractivity contribution in [2.75, 3.05) is 18.4 Å². The molecule has 5 heteroatoms. The van der Waals surface area contributed by atoms with Gasteiger partial charge in [-0.3, -0.25) is 0 Å². The molecule has 2 aromatic carbocycles. The first kappa shape index (κ1) is 18.5. The maximum atomic E-state index is 6.50. The fourth-order valence-electron chi connectivity index (χ4n) is 3.54. The fraction of sp³-hybridized carbons (Fsp3) is 0.286. The predicted molar refractivity (Wildman–Crippen MR) is 113 cm³/mol. The van der Waals surface area contributed by atoms with E-state index in [4.69, 9.17) is 17.4 Å². The maximum Gasteiger partial charge on any atom is 0.0545 e. The molecule has 0 aliphatic carbocycles. The second-order valence-electron chi connectivity index (χ2n) is 6.61. The Labute approximate surface area is 160 Å². The molecule has 2 aromatic rings. The van der Waals surface area contributed by atoms with Crippen molar-refractivity contribution in [1.82, 2.24) is 5.32 Å². The van der Waals surface area contributed by atoms with Crippen LogP contribution in [0, 0.1) is 6.92 Å². The number of halogens is 1. The molecule has 1 aliphatic heterocycles. The van der Waals surface area contributed by atoms with Crippen LogP contribution in [-0.4, -0.2) is 25.3 Å². The summed E-state index contributed by atoms with van der Waals surface area (Å²) in [5.74, 6) is 5.45. The highest BCUT2D eigenvalue weighted by atomic mass is 35.5. The second-order valence-corrected chi connectivity index (χ2v) is 7.02. The van der Waals surface area contributed by atoms with Gasteiger partial charge in [-0.2, -0.15) is 5.10 Å². The van der Waals surface area contributed by atoms with Crippen molar-refractivity contribution in [3.8, 4) is 11.1 Å². The summed E-state index contributed by atoms with van der Waals surface area (Å²) in [6.45, 7) is 8.11. The lowest BCUT2D eigenvalue weighted by molar-refractivity contribution is 0.479. The minimum Gasteiger partial charge on any atom is -0.382 e. The van der Waals surface area contributed by atoms with Crippen molar-refractivity contribution >= 4 is 29.6 Å². The molecule has 0 amide bonds. The van der Waals surface area contributed by atoms with Crippen LogP contribution in [0.5, 0.6) is 0 Å². The van der Waals surface area contributed by atoms with E-state index in [-0.39, 0.29) is 0 Å². The Morgan fingerprint density at radius 2 is 2.08 bits per heavy atom. The molecule has 0 spiro atoms. The maximum absolute atomic E-state index is 6.50. The molecule has 4 N–H and O–H groups in total. The molecule has 0 aromatic heterocycles. The van der Waals surface area contributed by atoms with Gasteiger partial charge in [-0.15, -0.1) is 0 Å². The number of hydrogen-bond donors (Lipinski definition) is 3. The van der Waals surface area contributed by atoms with Crippen LogP contribution in [-0.2, 0) is 0 Å². The number of benzene rings is 2. The number of nitrogens with zero attached hydrogens (tertiary/aromatic N) is 1. The van der Waals surface area contributed by atoms with Crippen LogP contribution >= 0.6 is 11.6 Å². The molecule has 26 heavy (non-hydrogen) atoms. The summed E-state index contributed by atoms with van der Waals surface area (Å²) >= 11 is 6.50. The summed E-state index contributed by atoms with van der Waals surface area (Å²) in [5, 5.41) is 11.6. The second kappa shape index (κ2) is 8.39. The van der Waals surface area contributed by atoms with Gasteiger partial charge in [0, 0.05) is 33.4 Å². The van der Waals surface area contributed by atoms with Gasteiger partial charge in [0.2, 0.25) is 0 Å². The molecular weight excluding hydrogens is 344 g/mol. The summed E-state index contributed by atoms with van der Waals surface area (Å²) in [4.78, 5) is 0. The first-order valence-electron chi connectivity index (χ1n) is 8.90. The number of hydrazone groups is 1. The largest absolute Gasteiger partial charge is 0.382 e. The Hall–Kier alpha value is -2.30. The Bertz CT molecular complexity index is 803. The lowest BCUT2D eigenvalue weighted by Crippen LogP contribution is -2.35. The Kier molecular flexibility index (Phi) is 5.96. The van der Waals surface area contributed by atoms with Crippen molar-refractivity contribution in [1.29, 1.82) is 0 Å². The van der Waals surface area contributed by atoms with Crippen LogP contribution in [0.25, 0.3) is 17.2 Å². The number of piperidine rings is 1. The zero-order valence-electron chi connectivity index (χ0n) is 15.1. The Morgan fingerprint density at radius 3 is 2.73 bits per heavy atom. The molecule has 136 valence electrons. The van der Waals surface area contributed by atoms with Crippen LogP contribution in [0.15, 0.2) is 42.0 Å². The van der Waals surface area contributed by atoms with Crippen molar-refractivity contribution in [2.45, 2.75) is 25.8 Å². The molecule has 0 atom stereocenters. The van der Waals surface area contributed by atoms with Crippen molar-refractivity contribution in [3.63, 3.8) is 0 Å². The van der Waals surface area contributed by atoms with E-state index in [9.17, 15) is 0 Å². The van der Waals surface area contributed by atoms with Crippen molar-refractivity contribution < 1.29 is 0 Å². The fourth-order valence-corrected chi connectivity index (χ4v) is 3.87. The number of hydrogen-bond acceptors (Lipinski definition) is 4. The van der Waals surface area contributed by atoms with Gasteiger partial charge in [-0.1, -0.05) is 36.4 Å². The number of nitrogens with one attached hydrogen (secondary N) is 2. The van der Waals surface area contributed by atoms with Crippen molar-refractivity contribution in [2.24, 2.45) is 10.9 Å². The molecule has 4 nitrogen and oxygen atoms in total. The average molecular weight is 369 g/mol. The summed E-state index contributed by atoms with van der Waals surface area (Å²) in [7, 11) is 0. The molecule has 0 radical (unpaired) electrons. The van der Waals surface area contributed by atoms with Crippen molar-refractivity contribution in [3.05, 3.63) is 58.6 Å². The number of anilines is 1. The van der Waals surface area contributed by atoms with Gasteiger partial charge in [0.05, 0.1) is 6.21 Å². The minimum absolute atomic E-state index is 0.431. The van der Waals surface area contributed by atoms with Crippen LogP contribution in [0.1, 0.15) is 29.5 Å². The molecule has 0 bridgehead atoms. The highest BCUT2D eigenvalue weighted by Gasteiger charge is 2.17. The van der Waals surface area contributed by atoms with Gasteiger partial charge in [0.1, 0.15) is 0 Å². The van der Waals surface area contributed by atoms with E-state index in [1.54, 1.807) is 6.21 Å². The molecule has 1 heterocycles. The minimum atomic E-state index is 0.431. The average Bonchev–Trinajstić information content (AvgIpc) is 2.63. The Morgan fingerprint density at radius 1 is 1.31 bits per heavy atom. The predicted octanol–water partition coefficient (Wildman–Crippen LogP) is 4.41. The third-order valence-electron chi connectivity index (χ3n) is 4.84. The van der Waals surface area contributed by atoms with Crippen LogP contribution in [0.3, 0.4) is 0 Å².